The number of hydrogen-bond donors (Lipinski definition) is 1. The predicted octanol–water partition coefficient (Wildman–Crippen LogP) is 4.62. The van der Waals surface area contributed by atoms with Crippen LogP contribution in [0.25, 0.3) is 11.3 Å². The average Bonchev–Trinajstić information content (AvgIpc) is 3.11. The third-order valence-electron chi connectivity index (χ3n) is 3.80. The van der Waals surface area contributed by atoms with Gasteiger partial charge in [-0.05, 0) is 29.8 Å². The van der Waals surface area contributed by atoms with Crippen LogP contribution in [0.4, 0.5) is 13.2 Å². The van der Waals surface area contributed by atoms with Crippen molar-refractivity contribution in [2.45, 2.75) is 11.8 Å². The molecule has 1 unspecified atom stereocenters. The maximum atomic E-state index is 13.7. The number of nitrogens with zero attached hydrogens (tertiary/aromatic N) is 1. The van der Waals surface area contributed by atoms with Gasteiger partial charge in [-0.15, -0.1) is 11.3 Å². The van der Waals surface area contributed by atoms with E-state index >= 15 is 0 Å². The molecule has 1 heterocycles. The molecular weight excluding hydrogens is 351 g/mol. The van der Waals surface area contributed by atoms with Crippen LogP contribution < -0.4 is 4.74 Å². The summed E-state index contributed by atoms with van der Waals surface area (Å²) in [5.74, 6) is 0.635. The zero-order valence-corrected chi connectivity index (χ0v) is 13.9. The normalized spacial score (nSPS) is 14.1. The minimum atomic E-state index is -4.90. The Hall–Kier alpha value is -2.38. The van der Waals surface area contributed by atoms with E-state index in [1.54, 1.807) is 30.3 Å². The average molecular weight is 365 g/mol. The lowest BCUT2D eigenvalue weighted by molar-refractivity contribution is -0.248. The Balaban J connectivity index is 2.05. The second-order valence-corrected chi connectivity index (χ2v) is 6.20. The van der Waals surface area contributed by atoms with Crippen molar-refractivity contribution in [2.75, 3.05) is 7.11 Å². The maximum absolute atomic E-state index is 13.7. The summed E-state index contributed by atoms with van der Waals surface area (Å²) in [5.41, 5.74) is -2.41. The molecule has 0 spiro atoms. The van der Waals surface area contributed by atoms with Crippen molar-refractivity contribution in [3.05, 3.63) is 70.5 Å². The van der Waals surface area contributed by atoms with Gasteiger partial charge in [0.15, 0.2) is 0 Å². The van der Waals surface area contributed by atoms with Crippen LogP contribution in [0.1, 0.15) is 10.6 Å². The molecule has 0 fully saturated rings. The van der Waals surface area contributed by atoms with Crippen molar-refractivity contribution >= 4 is 11.3 Å². The Morgan fingerprint density at radius 3 is 2.20 bits per heavy atom. The lowest BCUT2D eigenvalue weighted by atomic mass is 9.94. The van der Waals surface area contributed by atoms with Gasteiger partial charge in [0.2, 0.25) is 5.60 Å². The molecule has 0 aliphatic heterocycles. The molecule has 0 aliphatic carbocycles. The van der Waals surface area contributed by atoms with Gasteiger partial charge in [0.1, 0.15) is 10.8 Å². The molecule has 1 N–H and O–H groups in total. The Bertz CT molecular complexity index is 847. The Labute approximate surface area is 146 Å². The summed E-state index contributed by atoms with van der Waals surface area (Å²) >= 11 is 0.771. The van der Waals surface area contributed by atoms with Gasteiger partial charge < -0.3 is 9.84 Å². The first kappa shape index (κ1) is 17.4. The number of rotatable bonds is 4. The van der Waals surface area contributed by atoms with E-state index in [1.807, 2.05) is 0 Å². The van der Waals surface area contributed by atoms with Gasteiger partial charge in [0.05, 0.1) is 12.8 Å². The largest absolute Gasteiger partial charge is 0.497 e. The highest BCUT2D eigenvalue weighted by Gasteiger charge is 2.58. The standard InChI is InChI=1S/C18H14F3NO2S/c1-24-14-9-7-12(8-10-14)15-11-25-16(22-15)17(23,18(19,20)21)13-5-3-2-4-6-13/h2-11,23H,1H3. The number of aliphatic hydroxyl groups is 1. The van der Waals surface area contributed by atoms with Crippen molar-refractivity contribution in [3.8, 4) is 17.0 Å². The summed E-state index contributed by atoms with van der Waals surface area (Å²) in [6.45, 7) is 0. The Kier molecular flexibility index (Phi) is 4.53. The molecule has 0 amide bonds. The molecule has 3 nitrogen and oxygen atoms in total. The van der Waals surface area contributed by atoms with Crippen molar-refractivity contribution in [1.82, 2.24) is 4.98 Å². The number of aromatic nitrogens is 1. The first-order valence-electron chi connectivity index (χ1n) is 7.31. The van der Waals surface area contributed by atoms with E-state index < -0.39 is 16.8 Å². The van der Waals surface area contributed by atoms with E-state index in [0.29, 0.717) is 17.0 Å². The minimum absolute atomic E-state index is 0.266. The van der Waals surface area contributed by atoms with E-state index in [1.165, 1.54) is 36.8 Å². The summed E-state index contributed by atoms with van der Waals surface area (Å²) in [4.78, 5) is 4.06. The number of alkyl halides is 3. The molecule has 1 atom stereocenters. The molecule has 2 aromatic carbocycles. The van der Waals surface area contributed by atoms with Crippen LogP contribution in [-0.4, -0.2) is 23.4 Å². The van der Waals surface area contributed by atoms with Crippen LogP contribution in [0.3, 0.4) is 0 Å². The summed E-state index contributed by atoms with van der Waals surface area (Å²) in [5, 5.41) is 11.6. The van der Waals surface area contributed by atoms with Crippen LogP contribution in [0.2, 0.25) is 0 Å². The van der Waals surface area contributed by atoms with E-state index in [0.717, 1.165) is 11.3 Å². The second-order valence-electron chi connectivity index (χ2n) is 5.34. The molecule has 3 rings (SSSR count). The van der Waals surface area contributed by atoms with Crippen molar-refractivity contribution in [3.63, 3.8) is 0 Å². The highest BCUT2D eigenvalue weighted by atomic mass is 32.1. The quantitative estimate of drug-likeness (QED) is 0.734. The fourth-order valence-corrected chi connectivity index (χ4v) is 3.39. The van der Waals surface area contributed by atoms with Crippen molar-refractivity contribution < 1.29 is 23.0 Å². The molecule has 130 valence electrons. The third-order valence-corrected chi connectivity index (χ3v) is 4.75. The molecule has 0 radical (unpaired) electrons. The maximum Gasteiger partial charge on any atom is 0.428 e. The molecule has 1 aromatic heterocycles. The number of methoxy groups -OCH3 is 1. The summed E-state index contributed by atoms with van der Waals surface area (Å²) < 4.78 is 46.1. The Morgan fingerprint density at radius 1 is 1.00 bits per heavy atom. The smallest absolute Gasteiger partial charge is 0.428 e. The molecule has 25 heavy (non-hydrogen) atoms. The molecule has 0 saturated carbocycles. The minimum Gasteiger partial charge on any atom is -0.497 e. The summed E-state index contributed by atoms with van der Waals surface area (Å²) in [7, 11) is 1.53. The molecule has 0 bridgehead atoms. The summed E-state index contributed by atoms with van der Waals surface area (Å²) in [6, 6.07) is 13.8. The van der Waals surface area contributed by atoms with Gasteiger partial charge in [0, 0.05) is 10.9 Å². The third kappa shape index (κ3) is 3.12. The highest BCUT2D eigenvalue weighted by Crippen LogP contribution is 2.45. The first-order chi connectivity index (χ1) is 11.9. The monoisotopic (exact) mass is 365 g/mol. The van der Waals surface area contributed by atoms with E-state index in [4.69, 9.17) is 4.74 Å². The van der Waals surface area contributed by atoms with Crippen molar-refractivity contribution in [1.29, 1.82) is 0 Å². The van der Waals surface area contributed by atoms with Crippen LogP contribution in [0, 0.1) is 0 Å². The van der Waals surface area contributed by atoms with Gasteiger partial charge in [-0.3, -0.25) is 0 Å². The van der Waals surface area contributed by atoms with E-state index in [-0.39, 0.29) is 5.56 Å². The van der Waals surface area contributed by atoms with Gasteiger partial charge >= 0.3 is 6.18 Å². The van der Waals surface area contributed by atoms with E-state index in [2.05, 4.69) is 4.98 Å². The van der Waals surface area contributed by atoms with Crippen LogP contribution in [0.15, 0.2) is 60.0 Å². The van der Waals surface area contributed by atoms with E-state index in [9.17, 15) is 18.3 Å². The molecule has 0 aliphatic rings. The topological polar surface area (TPSA) is 42.4 Å². The van der Waals surface area contributed by atoms with Crippen molar-refractivity contribution in [2.24, 2.45) is 0 Å². The van der Waals surface area contributed by atoms with Gasteiger partial charge in [-0.2, -0.15) is 13.2 Å². The lowest BCUT2D eigenvalue weighted by Gasteiger charge is -2.28. The predicted molar refractivity (Wildman–Crippen MR) is 89.6 cm³/mol. The molecule has 7 heteroatoms. The molecular formula is C18H14F3NO2S. The number of ether oxygens (including phenoxy) is 1. The number of thiazole rings is 1. The fourth-order valence-electron chi connectivity index (χ4n) is 2.42. The van der Waals surface area contributed by atoms with Crippen LogP contribution >= 0.6 is 11.3 Å². The van der Waals surface area contributed by atoms with Crippen LogP contribution in [-0.2, 0) is 5.60 Å². The zero-order valence-electron chi connectivity index (χ0n) is 13.1. The lowest BCUT2D eigenvalue weighted by Crippen LogP contribution is -2.43. The first-order valence-corrected chi connectivity index (χ1v) is 8.19. The van der Waals surface area contributed by atoms with Gasteiger partial charge in [-0.1, -0.05) is 30.3 Å². The fraction of sp³-hybridized carbons (Fsp3) is 0.167. The number of hydrogen-bond acceptors (Lipinski definition) is 4. The summed E-state index contributed by atoms with van der Waals surface area (Å²) in [6.07, 6.45) is -4.90. The zero-order chi connectivity index (χ0) is 18.1. The SMILES string of the molecule is COc1ccc(-c2csc(C(O)(c3ccccc3)C(F)(F)F)n2)cc1. The second kappa shape index (κ2) is 6.50. The Morgan fingerprint density at radius 2 is 1.64 bits per heavy atom. The number of benzene rings is 2. The van der Waals surface area contributed by atoms with Crippen LogP contribution in [0.5, 0.6) is 5.75 Å². The highest BCUT2D eigenvalue weighted by molar-refractivity contribution is 7.10. The van der Waals surface area contributed by atoms with Gasteiger partial charge in [0.25, 0.3) is 0 Å². The molecule has 3 aromatic rings. The molecule has 0 saturated heterocycles. The number of halogens is 3. The van der Waals surface area contributed by atoms with Gasteiger partial charge in [-0.25, -0.2) is 4.98 Å².